The molecular formula is C16H20FNO2. The highest BCUT2D eigenvalue weighted by Crippen LogP contribution is 2.49. The second-order valence-electron chi connectivity index (χ2n) is 6.01. The predicted octanol–water partition coefficient (Wildman–Crippen LogP) is 2.71. The Kier molecular flexibility index (Phi) is 3.28. The van der Waals surface area contributed by atoms with E-state index in [1.54, 1.807) is 0 Å². The Labute approximate surface area is 118 Å². The molecular weight excluding hydrogens is 257 g/mol. The Hall–Kier alpha value is -1.42. The van der Waals surface area contributed by atoms with E-state index in [-0.39, 0.29) is 11.8 Å². The van der Waals surface area contributed by atoms with Crippen LogP contribution in [0.4, 0.5) is 4.39 Å². The van der Waals surface area contributed by atoms with Gasteiger partial charge in [-0.2, -0.15) is 0 Å². The van der Waals surface area contributed by atoms with E-state index < -0.39 is 5.54 Å². The number of nitrogens with zero attached hydrogens (tertiary/aromatic N) is 1. The van der Waals surface area contributed by atoms with E-state index in [0.717, 1.165) is 31.2 Å². The van der Waals surface area contributed by atoms with Crippen LogP contribution in [0.2, 0.25) is 0 Å². The first-order valence-corrected chi connectivity index (χ1v) is 7.13. The first-order valence-electron chi connectivity index (χ1n) is 7.13. The van der Waals surface area contributed by atoms with Gasteiger partial charge in [0.05, 0.1) is 7.11 Å². The second-order valence-corrected chi connectivity index (χ2v) is 6.01. The first-order chi connectivity index (χ1) is 9.56. The van der Waals surface area contributed by atoms with Gasteiger partial charge in [0.25, 0.3) is 0 Å². The number of hydrogen-bond donors (Lipinski definition) is 0. The van der Waals surface area contributed by atoms with Crippen LogP contribution in [0.3, 0.4) is 0 Å². The predicted molar refractivity (Wildman–Crippen MR) is 73.9 cm³/mol. The lowest BCUT2D eigenvalue weighted by molar-refractivity contribution is -0.156. The minimum Gasteiger partial charge on any atom is -0.468 e. The first kappa shape index (κ1) is 13.6. The van der Waals surface area contributed by atoms with Crippen molar-refractivity contribution >= 4 is 5.97 Å². The molecule has 2 aliphatic rings. The summed E-state index contributed by atoms with van der Waals surface area (Å²) in [7, 11) is 3.48. The molecule has 108 valence electrons. The van der Waals surface area contributed by atoms with Crippen LogP contribution in [-0.4, -0.2) is 36.6 Å². The largest absolute Gasteiger partial charge is 0.468 e. The van der Waals surface area contributed by atoms with E-state index in [9.17, 15) is 9.18 Å². The maximum atomic E-state index is 13.1. The van der Waals surface area contributed by atoms with Gasteiger partial charge in [0, 0.05) is 6.04 Å². The molecule has 0 radical (unpaired) electrons. The number of fused-ring (bicyclic) bond motifs is 2. The van der Waals surface area contributed by atoms with Crippen molar-refractivity contribution in [2.45, 2.75) is 43.2 Å². The average Bonchev–Trinajstić information content (AvgIpc) is 2.66. The van der Waals surface area contributed by atoms with Crippen molar-refractivity contribution in [3.8, 4) is 0 Å². The van der Waals surface area contributed by atoms with E-state index >= 15 is 0 Å². The Balaban J connectivity index is 1.90. The van der Waals surface area contributed by atoms with Crippen LogP contribution >= 0.6 is 0 Å². The number of rotatable bonds is 2. The Bertz CT molecular complexity index is 516. The van der Waals surface area contributed by atoms with E-state index in [1.807, 2.05) is 19.2 Å². The monoisotopic (exact) mass is 277 g/mol. The summed E-state index contributed by atoms with van der Waals surface area (Å²) in [6, 6.07) is 7.10. The summed E-state index contributed by atoms with van der Waals surface area (Å²) < 4.78 is 18.1. The van der Waals surface area contributed by atoms with Gasteiger partial charge >= 0.3 is 5.97 Å². The third kappa shape index (κ3) is 1.94. The van der Waals surface area contributed by atoms with Gasteiger partial charge in [-0.25, -0.2) is 4.39 Å². The molecule has 3 atom stereocenters. The molecule has 0 unspecified atom stereocenters. The third-order valence-electron chi connectivity index (χ3n) is 5.16. The Morgan fingerprint density at radius 2 is 2.10 bits per heavy atom. The summed E-state index contributed by atoms with van der Waals surface area (Å²) in [6.07, 6.45) is 3.68. The smallest absolute Gasteiger partial charge is 0.326 e. The van der Waals surface area contributed by atoms with E-state index in [0.29, 0.717) is 12.0 Å². The summed E-state index contributed by atoms with van der Waals surface area (Å²) in [4.78, 5) is 14.5. The highest BCUT2D eigenvalue weighted by atomic mass is 19.1. The van der Waals surface area contributed by atoms with Gasteiger partial charge in [-0.05, 0) is 56.3 Å². The van der Waals surface area contributed by atoms with Gasteiger partial charge in [-0.3, -0.25) is 9.69 Å². The number of methoxy groups -OCH3 is 1. The van der Waals surface area contributed by atoms with Gasteiger partial charge in [-0.1, -0.05) is 12.1 Å². The minimum atomic E-state index is -0.489. The van der Waals surface area contributed by atoms with Crippen LogP contribution in [0.25, 0.3) is 0 Å². The summed E-state index contributed by atoms with van der Waals surface area (Å²) in [5.74, 6) is -0.0416. The molecule has 2 heterocycles. The summed E-state index contributed by atoms with van der Waals surface area (Å²) >= 11 is 0. The standard InChI is InChI=1S/C16H20FNO2/c1-18-14-7-8-16(18,15(19)20-2)10-12(9-14)11-3-5-13(17)6-4-11/h3-6,12,14H,7-10H2,1-2H3/t12-,14+,16-/m1/s1. The Morgan fingerprint density at radius 1 is 1.40 bits per heavy atom. The number of likely N-dealkylation sites (N-methyl/N-ethyl adjacent to an activating group) is 1. The maximum absolute atomic E-state index is 13.1. The normalized spacial score (nSPS) is 33.1. The zero-order valence-electron chi connectivity index (χ0n) is 11.9. The molecule has 4 heteroatoms. The van der Waals surface area contributed by atoms with Crippen LogP contribution in [0.15, 0.2) is 24.3 Å². The summed E-state index contributed by atoms with van der Waals surface area (Å²) in [5, 5.41) is 0. The molecule has 0 aromatic heterocycles. The number of carbonyl (C=O) groups is 1. The zero-order chi connectivity index (χ0) is 14.3. The molecule has 0 N–H and O–H groups in total. The van der Waals surface area contributed by atoms with Crippen molar-refractivity contribution in [1.82, 2.24) is 4.90 Å². The van der Waals surface area contributed by atoms with Gasteiger partial charge in [0.2, 0.25) is 0 Å². The lowest BCUT2D eigenvalue weighted by atomic mass is 9.78. The number of benzene rings is 1. The molecule has 2 aliphatic heterocycles. The van der Waals surface area contributed by atoms with Gasteiger partial charge < -0.3 is 4.74 Å². The molecule has 3 rings (SSSR count). The molecule has 2 saturated heterocycles. The van der Waals surface area contributed by atoms with Gasteiger partial charge in [0.1, 0.15) is 11.4 Å². The fourth-order valence-electron chi connectivity index (χ4n) is 3.97. The number of ether oxygens (including phenoxy) is 1. The molecule has 0 saturated carbocycles. The molecule has 2 fully saturated rings. The van der Waals surface area contributed by atoms with Crippen LogP contribution in [0, 0.1) is 5.82 Å². The van der Waals surface area contributed by atoms with Crippen molar-refractivity contribution in [2.24, 2.45) is 0 Å². The molecule has 0 amide bonds. The summed E-state index contributed by atoms with van der Waals surface area (Å²) in [6.45, 7) is 0. The van der Waals surface area contributed by atoms with Crippen molar-refractivity contribution in [3.05, 3.63) is 35.6 Å². The highest BCUT2D eigenvalue weighted by molar-refractivity contribution is 5.81. The van der Waals surface area contributed by atoms with Gasteiger partial charge in [0.15, 0.2) is 0 Å². The van der Waals surface area contributed by atoms with Crippen molar-refractivity contribution < 1.29 is 13.9 Å². The second kappa shape index (κ2) is 4.85. The zero-order valence-corrected chi connectivity index (χ0v) is 11.9. The highest BCUT2D eigenvalue weighted by Gasteiger charge is 2.55. The molecule has 3 nitrogen and oxygen atoms in total. The number of carbonyl (C=O) groups excluding carboxylic acids is 1. The van der Waals surface area contributed by atoms with Crippen molar-refractivity contribution in [2.75, 3.05) is 14.2 Å². The molecule has 20 heavy (non-hydrogen) atoms. The molecule has 1 aromatic carbocycles. The molecule has 0 spiro atoms. The summed E-state index contributed by atoms with van der Waals surface area (Å²) in [5.41, 5.74) is 0.635. The number of piperidine rings is 1. The fraction of sp³-hybridized carbons (Fsp3) is 0.562. The van der Waals surface area contributed by atoms with Gasteiger partial charge in [-0.15, -0.1) is 0 Å². The number of hydrogen-bond acceptors (Lipinski definition) is 3. The quantitative estimate of drug-likeness (QED) is 0.778. The van der Waals surface area contributed by atoms with Crippen molar-refractivity contribution in [3.63, 3.8) is 0 Å². The molecule has 2 bridgehead atoms. The molecule has 0 aliphatic carbocycles. The Morgan fingerprint density at radius 3 is 2.75 bits per heavy atom. The van der Waals surface area contributed by atoms with E-state index in [4.69, 9.17) is 4.74 Å². The van der Waals surface area contributed by atoms with E-state index in [2.05, 4.69) is 4.90 Å². The van der Waals surface area contributed by atoms with Crippen LogP contribution in [0.5, 0.6) is 0 Å². The van der Waals surface area contributed by atoms with Crippen LogP contribution < -0.4 is 0 Å². The average molecular weight is 277 g/mol. The number of halogens is 1. The number of esters is 1. The van der Waals surface area contributed by atoms with Crippen LogP contribution in [-0.2, 0) is 9.53 Å². The van der Waals surface area contributed by atoms with Crippen molar-refractivity contribution in [1.29, 1.82) is 0 Å². The van der Waals surface area contributed by atoms with E-state index in [1.165, 1.54) is 19.2 Å². The maximum Gasteiger partial charge on any atom is 0.326 e. The lowest BCUT2D eigenvalue weighted by Gasteiger charge is -2.43. The lowest BCUT2D eigenvalue weighted by Crippen LogP contribution is -2.55. The third-order valence-corrected chi connectivity index (χ3v) is 5.16. The molecule has 1 aromatic rings. The topological polar surface area (TPSA) is 29.5 Å². The minimum absolute atomic E-state index is 0.130. The fourth-order valence-corrected chi connectivity index (χ4v) is 3.97. The SMILES string of the molecule is COC(=O)[C@@]12CC[C@@H](C[C@@H](c3ccc(F)cc3)C1)N2C. The van der Waals surface area contributed by atoms with Crippen LogP contribution in [0.1, 0.15) is 37.2 Å².